The minimum atomic E-state index is 0.150. The Balaban J connectivity index is 1.51. The first-order valence-corrected chi connectivity index (χ1v) is 9.30. The molecule has 136 valence electrons. The fraction of sp³-hybridized carbons (Fsp3) is 0.429. The van der Waals surface area contributed by atoms with E-state index in [0.29, 0.717) is 24.7 Å². The van der Waals surface area contributed by atoms with Crippen LogP contribution < -0.4 is 10.1 Å². The number of pyridine rings is 1. The van der Waals surface area contributed by atoms with Crippen molar-refractivity contribution in [1.82, 2.24) is 15.2 Å². The number of rotatable bonds is 5. The number of likely N-dealkylation sites (tertiary alicyclic amines) is 1. The summed E-state index contributed by atoms with van der Waals surface area (Å²) in [6, 6.07) is 14.2. The van der Waals surface area contributed by atoms with Crippen molar-refractivity contribution in [2.24, 2.45) is 11.8 Å². The van der Waals surface area contributed by atoms with Gasteiger partial charge in [-0.05, 0) is 42.2 Å². The van der Waals surface area contributed by atoms with Gasteiger partial charge in [-0.3, -0.25) is 9.78 Å². The lowest BCUT2D eigenvalue weighted by molar-refractivity contribution is -0.132. The maximum Gasteiger partial charge on any atom is 0.223 e. The van der Waals surface area contributed by atoms with Gasteiger partial charge < -0.3 is 15.0 Å². The number of ether oxygens (including phenoxy) is 1. The average Bonchev–Trinajstić information content (AvgIpc) is 3.28. The monoisotopic (exact) mass is 351 g/mol. The molecule has 0 bridgehead atoms. The van der Waals surface area contributed by atoms with Gasteiger partial charge in [-0.25, -0.2) is 0 Å². The van der Waals surface area contributed by atoms with Gasteiger partial charge in [-0.2, -0.15) is 0 Å². The van der Waals surface area contributed by atoms with Gasteiger partial charge in [0.2, 0.25) is 5.91 Å². The molecule has 1 aromatic carbocycles. The third kappa shape index (κ3) is 3.31. The highest BCUT2D eigenvalue weighted by Gasteiger charge is 2.46. The Morgan fingerprint density at radius 3 is 2.81 bits per heavy atom. The summed E-state index contributed by atoms with van der Waals surface area (Å²) in [5.41, 5.74) is 2.18. The fourth-order valence-electron chi connectivity index (χ4n) is 4.33. The second-order valence-corrected chi connectivity index (χ2v) is 7.17. The van der Waals surface area contributed by atoms with Gasteiger partial charge >= 0.3 is 0 Å². The maximum absolute atomic E-state index is 13.0. The standard InChI is InChI=1S/C21H25N3O2/c1-26-18-8-5-15(6-9-18)21-19-13-22-12-16(19)14-24(21)20(25)10-7-17-4-2-3-11-23-17/h2-6,8-9,11,16,19,21-22H,7,10,12-14H2,1H3/t16-,19-,21-/m0/s1. The maximum atomic E-state index is 13.0. The molecule has 1 amide bonds. The number of benzene rings is 1. The Kier molecular flexibility index (Phi) is 4.89. The first-order chi connectivity index (χ1) is 12.8. The number of aromatic nitrogens is 1. The Hall–Kier alpha value is -2.40. The van der Waals surface area contributed by atoms with E-state index < -0.39 is 0 Å². The number of methoxy groups -OCH3 is 1. The number of hydrogen-bond donors (Lipinski definition) is 1. The fourth-order valence-corrected chi connectivity index (χ4v) is 4.33. The molecule has 2 saturated heterocycles. The Morgan fingerprint density at radius 2 is 2.08 bits per heavy atom. The zero-order valence-corrected chi connectivity index (χ0v) is 15.1. The van der Waals surface area contributed by atoms with Gasteiger partial charge in [0.15, 0.2) is 0 Å². The molecule has 1 aromatic heterocycles. The summed E-state index contributed by atoms with van der Waals surface area (Å²) in [4.78, 5) is 19.4. The number of amides is 1. The van der Waals surface area contributed by atoms with Crippen molar-refractivity contribution in [3.63, 3.8) is 0 Å². The van der Waals surface area contributed by atoms with Crippen molar-refractivity contribution in [3.05, 3.63) is 59.9 Å². The molecule has 0 spiro atoms. The molecule has 0 unspecified atom stereocenters. The summed E-state index contributed by atoms with van der Waals surface area (Å²) in [6.45, 7) is 2.82. The van der Waals surface area contributed by atoms with Gasteiger partial charge in [0.25, 0.3) is 0 Å². The molecule has 5 nitrogen and oxygen atoms in total. The molecule has 2 aliphatic rings. The van der Waals surface area contributed by atoms with E-state index in [4.69, 9.17) is 4.74 Å². The van der Waals surface area contributed by atoms with Crippen LogP contribution in [0.4, 0.5) is 0 Å². The van der Waals surface area contributed by atoms with E-state index in [1.807, 2.05) is 30.3 Å². The van der Waals surface area contributed by atoms with E-state index >= 15 is 0 Å². The van der Waals surface area contributed by atoms with Crippen molar-refractivity contribution in [2.45, 2.75) is 18.9 Å². The lowest BCUT2D eigenvalue weighted by Crippen LogP contribution is -2.34. The van der Waals surface area contributed by atoms with E-state index in [2.05, 4.69) is 27.3 Å². The molecule has 0 saturated carbocycles. The summed E-state index contributed by atoms with van der Waals surface area (Å²) in [6.07, 6.45) is 2.99. The Bertz CT molecular complexity index is 748. The van der Waals surface area contributed by atoms with Gasteiger partial charge in [-0.1, -0.05) is 18.2 Å². The molecule has 2 aliphatic heterocycles. The molecular formula is C21H25N3O2. The van der Waals surface area contributed by atoms with E-state index in [1.165, 1.54) is 5.56 Å². The second kappa shape index (κ2) is 7.46. The van der Waals surface area contributed by atoms with Crippen molar-refractivity contribution in [3.8, 4) is 5.75 Å². The number of carbonyl (C=O) groups is 1. The highest BCUT2D eigenvalue weighted by Crippen LogP contribution is 2.43. The zero-order chi connectivity index (χ0) is 17.9. The normalized spacial score (nSPS) is 24.5. The summed E-state index contributed by atoms with van der Waals surface area (Å²) in [5, 5.41) is 3.49. The molecular weight excluding hydrogens is 326 g/mol. The topological polar surface area (TPSA) is 54.5 Å². The van der Waals surface area contributed by atoms with Crippen LogP contribution in [0.5, 0.6) is 5.75 Å². The third-order valence-corrected chi connectivity index (χ3v) is 5.66. The Labute approximate surface area is 154 Å². The molecule has 3 heterocycles. The quantitative estimate of drug-likeness (QED) is 0.899. The summed E-state index contributed by atoms with van der Waals surface area (Å²) < 4.78 is 5.28. The van der Waals surface area contributed by atoms with E-state index in [9.17, 15) is 4.79 Å². The number of aryl methyl sites for hydroxylation is 1. The summed E-state index contributed by atoms with van der Waals surface area (Å²) in [5.74, 6) is 2.11. The third-order valence-electron chi connectivity index (χ3n) is 5.66. The molecule has 26 heavy (non-hydrogen) atoms. The molecule has 0 radical (unpaired) electrons. The van der Waals surface area contributed by atoms with Gasteiger partial charge in [0, 0.05) is 43.9 Å². The SMILES string of the molecule is COc1ccc([C@H]2[C@H]3CNC[C@H]3CN2C(=O)CCc2ccccn2)cc1. The van der Waals surface area contributed by atoms with Gasteiger partial charge in [0.1, 0.15) is 5.75 Å². The highest BCUT2D eigenvalue weighted by atomic mass is 16.5. The van der Waals surface area contributed by atoms with Crippen LogP contribution in [0.15, 0.2) is 48.7 Å². The van der Waals surface area contributed by atoms with Crippen LogP contribution in [0, 0.1) is 11.8 Å². The number of nitrogens with one attached hydrogen (secondary N) is 1. The number of hydrogen-bond acceptors (Lipinski definition) is 4. The first-order valence-electron chi connectivity index (χ1n) is 9.30. The number of fused-ring (bicyclic) bond motifs is 1. The van der Waals surface area contributed by atoms with Crippen LogP contribution >= 0.6 is 0 Å². The van der Waals surface area contributed by atoms with Gasteiger partial charge in [-0.15, -0.1) is 0 Å². The lowest BCUT2D eigenvalue weighted by Gasteiger charge is -2.28. The smallest absolute Gasteiger partial charge is 0.223 e. The molecule has 3 atom stereocenters. The first kappa shape index (κ1) is 17.0. The summed E-state index contributed by atoms with van der Waals surface area (Å²) >= 11 is 0. The minimum absolute atomic E-state index is 0.150. The highest BCUT2D eigenvalue weighted by molar-refractivity contribution is 5.77. The Morgan fingerprint density at radius 1 is 1.23 bits per heavy atom. The second-order valence-electron chi connectivity index (χ2n) is 7.17. The van der Waals surface area contributed by atoms with Crippen LogP contribution in [0.3, 0.4) is 0 Å². The van der Waals surface area contributed by atoms with Crippen LogP contribution in [-0.2, 0) is 11.2 Å². The van der Waals surface area contributed by atoms with Crippen molar-refractivity contribution >= 4 is 5.91 Å². The van der Waals surface area contributed by atoms with Crippen LogP contribution in [0.1, 0.15) is 23.7 Å². The predicted molar refractivity (Wildman–Crippen MR) is 99.9 cm³/mol. The largest absolute Gasteiger partial charge is 0.497 e. The molecule has 4 rings (SSSR count). The van der Waals surface area contributed by atoms with Crippen molar-refractivity contribution < 1.29 is 9.53 Å². The van der Waals surface area contributed by atoms with E-state index in [-0.39, 0.29) is 11.9 Å². The molecule has 1 N–H and O–H groups in total. The average molecular weight is 351 g/mol. The lowest BCUT2D eigenvalue weighted by atomic mass is 9.89. The molecule has 2 fully saturated rings. The van der Waals surface area contributed by atoms with Crippen LogP contribution in [0.25, 0.3) is 0 Å². The van der Waals surface area contributed by atoms with Crippen molar-refractivity contribution in [2.75, 3.05) is 26.7 Å². The van der Waals surface area contributed by atoms with E-state index in [0.717, 1.165) is 31.1 Å². The van der Waals surface area contributed by atoms with Crippen molar-refractivity contribution in [1.29, 1.82) is 0 Å². The molecule has 2 aromatic rings. The number of nitrogens with zero attached hydrogens (tertiary/aromatic N) is 2. The predicted octanol–water partition coefficient (Wildman–Crippen LogP) is 2.44. The van der Waals surface area contributed by atoms with Crippen LogP contribution in [-0.4, -0.2) is 42.5 Å². The number of carbonyl (C=O) groups excluding carboxylic acids is 1. The minimum Gasteiger partial charge on any atom is -0.497 e. The molecule has 0 aliphatic carbocycles. The van der Waals surface area contributed by atoms with Crippen LogP contribution in [0.2, 0.25) is 0 Å². The van der Waals surface area contributed by atoms with Gasteiger partial charge in [0.05, 0.1) is 13.2 Å². The zero-order valence-electron chi connectivity index (χ0n) is 15.1. The van der Waals surface area contributed by atoms with E-state index in [1.54, 1.807) is 13.3 Å². The summed E-state index contributed by atoms with van der Waals surface area (Å²) in [7, 11) is 1.68. The molecule has 5 heteroatoms.